The normalized spacial score (nSPS) is 25.0. The van der Waals surface area contributed by atoms with E-state index in [9.17, 15) is 4.79 Å². The first-order chi connectivity index (χ1) is 14.2. The van der Waals surface area contributed by atoms with Gasteiger partial charge in [0, 0.05) is 6.61 Å². The lowest BCUT2D eigenvalue weighted by Gasteiger charge is -2.31. The van der Waals surface area contributed by atoms with Crippen LogP contribution < -0.4 is 9.47 Å². The molecule has 1 aromatic rings. The molecule has 0 aromatic heterocycles. The van der Waals surface area contributed by atoms with Crippen LogP contribution in [0.3, 0.4) is 0 Å². The molecular formula is C22H29NO6. The molecule has 4 rings (SSSR count). The third-order valence-electron chi connectivity index (χ3n) is 5.86. The van der Waals surface area contributed by atoms with Crippen LogP contribution in [0.1, 0.15) is 49.3 Å². The summed E-state index contributed by atoms with van der Waals surface area (Å²) in [7, 11) is 1.44. The fourth-order valence-electron chi connectivity index (χ4n) is 4.38. The number of ether oxygens (including phenoxy) is 5. The van der Waals surface area contributed by atoms with Crippen molar-refractivity contribution in [2.45, 2.75) is 57.1 Å². The molecule has 0 saturated carbocycles. The molecule has 2 fully saturated rings. The van der Waals surface area contributed by atoms with Gasteiger partial charge in [0.25, 0.3) is 0 Å². The molecule has 29 heavy (non-hydrogen) atoms. The molecule has 0 amide bonds. The van der Waals surface area contributed by atoms with Crippen LogP contribution >= 0.6 is 0 Å². The molecule has 3 heterocycles. The first-order valence-corrected chi connectivity index (χ1v) is 10.3. The highest BCUT2D eigenvalue weighted by Crippen LogP contribution is 2.41. The molecule has 3 aliphatic rings. The van der Waals surface area contributed by atoms with E-state index in [0.29, 0.717) is 18.1 Å². The maximum Gasteiger partial charge on any atom is 0.323 e. The third kappa shape index (κ3) is 4.27. The maximum atomic E-state index is 12.3. The van der Waals surface area contributed by atoms with Crippen molar-refractivity contribution in [1.29, 1.82) is 0 Å². The van der Waals surface area contributed by atoms with E-state index in [4.69, 9.17) is 23.7 Å². The number of esters is 1. The quantitative estimate of drug-likeness (QED) is 0.511. The molecule has 0 spiro atoms. The van der Waals surface area contributed by atoms with Gasteiger partial charge >= 0.3 is 5.97 Å². The topological polar surface area (TPSA) is 66.5 Å². The van der Waals surface area contributed by atoms with E-state index in [2.05, 4.69) is 11.5 Å². The van der Waals surface area contributed by atoms with Crippen LogP contribution in [0.2, 0.25) is 0 Å². The highest BCUT2D eigenvalue weighted by Gasteiger charge is 2.37. The fourth-order valence-corrected chi connectivity index (χ4v) is 4.38. The minimum atomic E-state index is -0.274. The van der Waals surface area contributed by atoms with Crippen molar-refractivity contribution in [3.63, 3.8) is 0 Å². The number of likely N-dealkylation sites (tertiary alicyclic amines) is 1. The Morgan fingerprint density at radius 3 is 2.83 bits per heavy atom. The summed E-state index contributed by atoms with van der Waals surface area (Å²) in [5, 5.41) is 0. The van der Waals surface area contributed by atoms with E-state index in [0.717, 1.165) is 56.4 Å². The van der Waals surface area contributed by atoms with Crippen molar-refractivity contribution in [2.75, 3.05) is 27.1 Å². The van der Waals surface area contributed by atoms with Crippen LogP contribution in [0.15, 0.2) is 24.8 Å². The number of benzene rings is 1. The summed E-state index contributed by atoms with van der Waals surface area (Å²) < 4.78 is 28.0. The Morgan fingerprint density at radius 2 is 2.10 bits per heavy atom. The average Bonchev–Trinajstić information content (AvgIpc) is 3.42. The Morgan fingerprint density at radius 1 is 1.28 bits per heavy atom. The highest BCUT2D eigenvalue weighted by atomic mass is 16.7. The molecule has 2 saturated heterocycles. The van der Waals surface area contributed by atoms with E-state index in [1.807, 2.05) is 18.2 Å². The lowest BCUT2D eigenvalue weighted by atomic mass is 9.97. The first-order valence-electron chi connectivity index (χ1n) is 10.3. The summed E-state index contributed by atoms with van der Waals surface area (Å²) in [5.74, 6) is 1.22. The molecule has 0 bridgehead atoms. The fraction of sp³-hybridized carbons (Fsp3) is 0.591. The zero-order valence-corrected chi connectivity index (χ0v) is 16.9. The molecule has 0 aliphatic carbocycles. The number of methoxy groups -OCH3 is 1. The molecule has 0 radical (unpaired) electrons. The van der Waals surface area contributed by atoms with Gasteiger partial charge in [0.15, 0.2) is 17.8 Å². The Hall–Kier alpha value is -2.09. The molecule has 1 aromatic carbocycles. The first kappa shape index (κ1) is 20.2. The Labute approximate surface area is 171 Å². The molecule has 7 heteroatoms. The largest absolute Gasteiger partial charge is 0.468 e. The maximum absolute atomic E-state index is 12.3. The van der Waals surface area contributed by atoms with Crippen LogP contribution in [0.5, 0.6) is 11.5 Å². The average molecular weight is 403 g/mol. The number of hydrogen-bond donors (Lipinski definition) is 0. The van der Waals surface area contributed by atoms with Gasteiger partial charge in [0.2, 0.25) is 6.79 Å². The molecule has 158 valence electrons. The van der Waals surface area contributed by atoms with Gasteiger partial charge in [-0.2, -0.15) is 0 Å². The molecule has 3 aliphatic heterocycles. The van der Waals surface area contributed by atoms with Crippen LogP contribution in [-0.4, -0.2) is 50.3 Å². The summed E-state index contributed by atoms with van der Waals surface area (Å²) in [6.07, 6.45) is 6.51. The minimum absolute atomic E-state index is 0.151. The second-order valence-corrected chi connectivity index (χ2v) is 7.61. The Kier molecular flexibility index (Phi) is 6.37. The Balaban J connectivity index is 1.61. The molecule has 3 atom stereocenters. The van der Waals surface area contributed by atoms with Gasteiger partial charge in [0.1, 0.15) is 6.04 Å². The lowest BCUT2D eigenvalue weighted by molar-refractivity contribution is -0.169. The predicted molar refractivity (Wildman–Crippen MR) is 106 cm³/mol. The number of rotatable bonds is 7. The van der Waals surface area contributed by atoms with Crippen LogP contribution in [-0.2, 0) is 25.6 Å². The summed E-state index contributed by atoms with van der Waals surface area (Å²) >= 11 is 0. The lowest BCUT2D eigenvalue weighted by Crippen LogP contribution is -2.39. The molecule has 7 nitrogen and oxygen atoms in total. The smallest absolute Gasteiger partial charge is 0.323 e. The zero-order chi connectivity index (χ0) is 20.2. The molecule has 0 N–H and O–H groups in total. The van der Waals surface area contributed by atoms with E-state index in [-0.39, 0.29) is 31.1 Å². The van der Waals surface area contributed by atoms with Crippen LogP contribution in [0, 0.1) is 0 Å². The number of nitrogens with zero attached hydrogens (tertiary/aromatic N) is 1. The predicted octanol–water partition coefficient (Wildman–Crippen LogP) is 3.32. The van der Waals surface area contributed by atoms with Gasteiger partial charge in [-0.15, -0.1) is 6.58 Å². The van der Waals surface area contributed by atoms with Crippen molar-refractivity contribution < 1.29 is 28.5 Å². The summed E-state index contributed by atoms with van der Waals surface area (Å²) in [6.45, 7) is 6.20. The third-order valence-corrected chi connectivity index (χ3v) is 5.86. The second kappa shape index (κ2) is 9.15. The number of fused-ring (bicyclic) bond motifs is 1. The van der Waals surface area contributed by atoms with Crippen molar-refractivity contribution >= 4 is 5.97 Å². The standard InChI is InChI=1S/C22H29NO6/c1-3-17(23-9-6-7-18(23)22(24)25-2)16-12-20-19(28-14-29-20)11-15(16)13-27-21-8-4-5-10-26-21/h3,11-12,17-18,21H,1,4-10,13-14H2,2H3. The highest BCUT2D eigenvalue weighted by molar-refractivity contribution is 5.76. The van der Waals surface area contributed by atoms with Gasteiger partial charge in [-0.25, -0.2) is 0 Å². The van der Waals surface area contributed by atoms with Crippen molar-refractivity contribution in [2.24, 2.45) is 0 Å². The van der Waals surface area contributed by atoms with E-state index in [1.54, 1.807) is 0 Å². The van der Waals surface area contributed by atoms with Gasteiger partial charge < -0.3 is 23.7 Å². The van der Waals surface area contributed by atoms with Crippen LogP contribution in [0.25, 0.3) is 0 Å². The second-order valence-electron chi connectivity index (χ2n) is 7.61. The summed E-state index contributed by atoms with van der Waals surface area (Å²) in [5.41, 5.74) is 2.00. The van der Waals surface area contributed by atoms with E-state index in [1.165, 1.54) is 7.11 Å². The minimum Gasteiger partial charge on any atom is -0.468 e. The van der Waals surface area contributed by atoms with Gasteiger partial charge in [0.05, 0.1) is 19.8 Å². The van der Waals surface area contributed by atoms with Gasteiger partial charge in [-0.1, -0.05) is 6.08 Å². The van der Waals surface area contributed by atoms with Gasteiger partial charge in [-0.05, 0) is 61.9 Å². The van der Waals surface area contributed by atoms with Crippen molar-refractivity contribution in [1.82, 2.24) is 4.90 Å². The molecule has 3 unspecified atom stereocenters. The summed E-state index contributed by atoms with van der Waals surface area (Å²) in [4.78, 5) is 14.4. The van der Waals surface area contributed by atoms with Crippen LogP contribution in [0.4, 0.5) is 0 Å². The number of carbonyl (C=O) groups excluding carboxylic acids is 1. The van der Waals surface area contributed by atoms with Gasteiger partial charge in [-0.3, -0.25) is 9.69 Å². The number of hydrogen-bond acceptors (Lipinski definition) is 7. The van der Waals surface area contributed by atoms with Crippen molar-refractivity contribution in [3.05, 3.63) is 35.9 Å². The monoisotopic (exact) mass is 403 g/mol. The SMILES string of the molecule is C=CC(c1cc2c(cc1COC1CCCCO1)OCO2)N1CCCC1C(=O)OC. The van der Waals surface area contributed by atoms with E-state index >= 15 is 0 Å². The summed E-state index contributed by atoms with van der Waals surface area (Å²) in [6, 6.07) is 3.54. The van der Waals surface area contributed by atoms with E-state index < -0.39 is 0 Å². The Bertz CT molecular complexity index is 745. The number of carbonyl (C=O) groups is 1. The van der Waals surface area contributed by atoms with Crippen molar-refractivity contribution in [3.8, 4) is 11.5 Å². The zero-order valence-electron chi connectivity index (χ0n) is 16.9. The molecular weight excluding hydrogens is 374 g/mol.